The average molecular weight is 180 g/mol. The van der Waals surface area contributed by atoms with Gasteiger partial charge in [-0.15, -0.1) is 11.6 Å². The number of hydrogen-bond donors (Lipinski definition) is 1. The van der Waals surface area contributed by atoms with Crippen LogP contribution in [0.25, 0.3) is 0 Å². The van der Waals surface area contributed by atoms with Crippen LogP contribution in [0.15, 0.2) is 0 Å². The molecule has 0 bridgehead atoms. The molecule has 2 nitrogen and oxygen atoms in total. The predicted molar refractivity (Wildman–Crippen MR) is 49.3 cm³/mol. The van der Waals surface area contributed by atoms with E-state index in [4.69, 9.17) is 16.3 Å². The zero-order valence-electron chi connectivity index (χ0n) is 7.24. The van der Waals surface area contributed by atoms with Gasteiger partial charge in [0.25, 0.3) is 0 Å². The summed E-state index contributed by atoms with van der Waals surface area (Å²) in [7, 11) is 1.74. The number of hydrogen-bond acceptors (Lipinski definition) is 2. The van der Waals surface area contributed by atoms with E-state index in [0.29, 0.717) is 0 Å². The van der Waals surface area contributed by atoms with Gasteiger partial charge in [-0.25, -0.2) is 0 Å². The van der Waals surface area contributed by atoms with Gasteiger partial charge in [0, 0.05) is 19.6 Å². The number of rotatable bonds is 8. The molecule has 0 aliphatic heterocycles. The van der Waals surface area contributed by atoms with Gasteiger partial charge in [0.2, 0.25) is 0 Å². The lowest BCUT2D eigenvalue weighted by atomic mass is 10.3. The van der Waals surface area contributed by atoms with E-state index in [9.17, 15) is 0 Å². The van der Waals surface area contributed by atoms with Crippen LogP contribution in [0.3, 0.4) is 0 Å². The molecule has 68 valence electrons. The molecule has 3 heteroatoms. The Morgan fingerprint density at radius 1 is 1.18 bits per heavy atom. The topological polar surface area (TPSA) is 21.3 Å². The first-order valence-corrected chi connectivity index (χ1v) is 4.71. The smallest absolute Gasteiger partial charge is 0.0462 e. The molecule has 0 saturated carbocycles. The van der Waals surface area contributed by atoms with E-state index < -0.39 is 0 Å². The fourth-order valence-corrected chi connectivity index (χ4v) is 0.947. The zero-order chi connectivity index (χ0) is 8.36. The Hall–Kier alpha value is 0.210. The van der Waals surface area contributed by atoms with Crippen LogP contribution in [0.2, 0.25) is 0 Å². The summed E-state index contributed by atoms with van der Waals surface area (Å²) in [6.45, 7) is 2.99. The van der Waals surface area contributed by atoms with Crippen LogP contribution in [0.1, 0.15) is 19.3 Å². The summed E-state index contributed by atoms with van der Waals surface area (Å²) in [5, 5.41) is 3.31. The molecule has 0 spiro atoms. The van der Waals surface area contributed by atoms with Gasteiger partial charge < -0.3 is 10.1 Å². The van der Waals surface area contributed by atoms with Crippen molar-refractivity contribution in [2.24, 2.45) is 0 Å². The Bertz CT molecular complexity index is 63.1. The van der Waals surface area contributed by atoms with Crippen molar-refractivity contribution in [3.05, 3.63) is 0 Å². The fraction of sp³-hybridized carbons (Fsp3) is 1.00. The van der Waals surface area contributed by atoms with E-state index in [2.05, 4.69) is 5.32 Å². The van der Waals surface area contributed by atoms with Crippen molar-refractivity contribution in [1.29, 1.82) is 0 Å². The number of halogens is 1. The molecule has 0 aliphatic rings. The van der Waals surface area contributed by atoms with E-state index in [1.165, 1.54) is 6.42 Å². The van der Waals surface area contributed by atoms with Crippen LogP contribution < -0.4 is 5.32 Å². The molecule has 0 rings (SSSR count). The second-order valence-corrected chi connectivity index (χ2v) is 2.87. The van der Waals surface area contributed by atoms with Crippen molar-refractivity contribution in [3.63, 3.8) is 0 Å². The van der Waals surface area contributed by atoms with Crippen molar-refractivity contribution in [2.75, 3.05) is 32.7 Å². The second-order valence-electron chi connectivity index (χ2n) is 2.49. The maximum Gasteiger partial charge on any atom is 0.0462 e. The molecule has 0 atom stereocenters. The van der Waals surface area contributed by atoms with Gasteiger partial charge in [-0.2, -0.15) is 0 Å². The summed E-state index contributed by atoms with van der Waals surface area (Å²) in [4.78, 5) is 0. The van der Waals surface area contributed by atoms with Crippen molar-refractivity contribution in [3.8, 4) is 0 Å². The highest BCUT2D eigenvalue weighted by Gasteiger charge is 1.87. The lowest BCUT2D eigenvalue weighted by Gasteiger charge is -2.01. The van der Waals surface area contributed by atoms with E-state index in [-0.39, 0.29) is 0 Å². The summed E-state index contributed by atoms with van der Waals surface area (Å²) in [6, 6.07) is 0. The van der Waals surface area contributed by atoms with Crippen LogP contribution in [-0.2, 0) is 4.74 Å². The zero-order valence-corrected chi connectivity index (χ0v) is 7.99. The summed E-state index contributed by atoms with van der Waals surface area (Å²) < 4.78 is 4.92. The van der Waals surface area contributed by atoms with Crippen LogP contribution in [0, 0.1) is 0 Å². The third-order valence-corrected chi connectivity index (χ3v) is 1.71. The predicted octanol–water partition coefficient (Wildman–Crippen LogP) is 1.63. The number of ether oxygens (including phenoxy) is 1. The first kappa shape index (κ1) is 11.2. The van der Waals surface area contributed by atoms with E-state index in [1.54, 1.807) is 7.11 Å². The Balaban J connectivity index is 2.69. The molecule has 0 aromatic heterocycles. The van der Waals surface area contributed by atoms with Gasteiger partial charge in [0.1, 0.15) is 0 Å². The van der Waals surface area contributed by atoms with Crippen molar-refractivity contribution >= 4 is 11.6 Å². The molecular weight excluding hydrogens is 162 g/mol. The molecule has 0 fully saturated rings. The standard InChI is InChI=1S/C8H18ClNO/c1-11-8-3-2-6-10-7-4-5-9/h10H,2-8H2,1H3. The lowest BCUT2D eigenvalue weighted by Crippen LogP contribution is -2.17. The molecule has 0 radical (unpaired) electrons. The molecule has 11 heavy (non-hydrogen) atoms. The highest BCUT2D eigenvalue weighted by atomic mass is 35.5. The molecule has 0 heterocycles. The largest absolute Gasteiger partial charge is 0.385 e. The van der Waals surface area contributed by atoms with Crippen LogP contribution in [0.5, 0.6) is 0 Å². The molecule has 0 saturated heterocycles. The molecule has 0 aromatic rings. The summed E-state index contributed by atoms with van der Waals surface area (Å²) in [5.41, 5.74) is 0. The van der Waals surface area contributed by atoms with Crippen LogP contribution in [0.4, 0.5) is 0 Å². The highest BCUT2D eigenvalue weighted by Crippen LogP contribution is 1.87. The maximum absolute atomic E-state index is 5.50. The number of methoxy groups -OCH3 is 1. The number of nitrogens with one attached hydrogen (secondary N) is 1. The SMILES string of the molecule is COCCCCNCCCCl. The third-order valence-electron chi connectivity index (χ3n) is 1.44. The monoisotopic (exact) mass is 179 g/mol. The minimum atomic E-state index is 0.755. The molecule has 0 aliphatic carbocycles. The highest BCUT2D eigenvalue weighted by molar-refractivity contribution is 6.17. The summed E-state index contributed by atoms with van der Waals surface area (Å²) in [5.74, 6) is 0.755. The van der Waals surface area contributed by atoms with Crippen LogP contribution >= 0.6 is 11.6 Å². The second kappa shape index (κ2) is 10.2. The van der Waals surface area contributed by atoms with E-state index >= 15 is 0 Å². The number of alkyl halides is 1. The van der Waals surface area contributed by atoms with Crippen molar-refractivity contribution < 1.29 is 4.74 Å². The first-order chi connectivity index (χ1) is 5.41. The van der Waals surface area contributed by atoms with E-state index in [0.717, 1.165) is 38.4 Å². The third kappa shape index (κ3) is 10.2. The minimum Gasteiger partial charge on any atom is -0.385 e. The molecule has 0 aromatic carbocycles. The molecule has 1 N–H and O–H groups in total. The van der Waals surface area contributed by atoms with Gasteiger partial charge in [0.15, 0.2) is 0 Å². The number of unbranched alkanes of at least 4 members (excludes halogenated alkanes) is 1. The average Bonchev–Trinajstić information content (AvgIpc) is 2.03. The van der Waals surface area contributed by atoms with E-state index in [1.807, 2.05) is 0 Å². The van der Waals surface area contributed by atoms with Gasteiger partial charge in [-0.3, -0.25) is 0 Å². The molecular formula is C8H18ClNO. The molecule has 0 unspecified atom stereocenters. The first-order valence-electron chi connectivity index (χ1n) is 4.17. The Morgan fingerprint density at radius 2 is 1.91 bits per heavy atom. The lowest BCUT2D eigenvalue weighted by molar-refractivity contribution is 0.192. The molecule has 0 amide bonds. The Labute approximate surface area is 74.3 Å². The normalized spacial score (nSPS) is 10.4. The Kier molecular flexibility index (Phi) is 10.4. The minimum absolute atomic E-state index is 0.755. The quantitative estimate of drug-likeness (QED) is 0.452. The summed E-state index contributed by atoms with van der Waals surface area (Å²) >= 11 is 5.50. The fourth-order valence-electron chi connectivity index (χ4n) is 0.813. The van der Waals surface area contributed by atoms with Crippen molar-refractivity contribution in [1.82, 2.24) is 5.32 Å². The van der Waals surface area contributed by atoms with Crippen molar-refractivity contribution in [2.45, 2.75) is 19.3 Å². The van der Waals surface area contributed by atoms with Gasteiger partial charge >= 0.3 is 0 Å². The van der Waals surface area contributed by atoms with Gasteiger partial charge in [-0.05, 0) is 32.4 Å². The van der Waals surface area contributed by atoms with Crippen LogP contribution in [-0.4, -0.2) is 32.7 Å². The van der Waals surface area contributed by atoms with Gasteiger partial charge in [0.05, 0.1) is 0 Å². The van der Waals surface area contributed by atoms with Gasteiger partial charge in [-0.1, -0.05) is 0 Å². The maximum atomic E-state index is 5.50. The Morgan fingerprint density at radius 3 is 2.55 bits per heavy atom. The summed E-state index contributed by atoms with van der Waals surface area (Å²) in [6.07, 6.45) is 3.40.